The number of thiophene rings is 1. The Morgan fingerprint density at radius 2 is 2.15 bits per heavy atom. The molecule has 1 aromatic rings. The molecule has 2 rings (SSSR count). The second-order valence-corrected chi connectivity index (χ2v) is 7.95. The van der Waals surface area contributed by atoms with E-state index in [4.69, 9.17) is 4.74 Å². The SMILES string of the molecule is CCC(C)NC(=NCC(=O)N(C)C)NCC(c1cccs1)N1CCOCC1. The number of nitrogens with zero attached hydrogens (tertiary/aromatic N) is 3. The van der Waals surface area contributed by atoms with Gasteiger partial charge in [0.2, 0.25) is 5.91 Å². The van der Waals surface area contributed by atoms with Gasteiger partial charge in [-0.05, 0) is 24.8 Å². The van der Waals surface area contributed by atoms with Crippen LogP contribution in [0.25, 0.3) is 0 Å². The Hall–Kier alpha value is -1.64. The van der Waals surface area contributed by atoms with Crippen molar-refractivity contribution >= 4 is 23.2 Å². The molecule has 27 heavy (non-hydrogen) atoms. The summed E-state index contributed by atoms with van der Waals surface area (Å²) in [6.45, 7) is 8.50. The van der Waals surface area contributed by atoms with E-state index < -0.39 is 0 Å². The van der Waals surface area contributed by atoms with Gasteiger partial charge in [0.05, 0.1) is 19.3 Å². The van der Waals surface area contributed by atoms with E-state index >= 15 is 0 Å². The van der Waals surface area contributed by atoms with Gasteiger partial charge in [0.25, 0.3) is 0 Å². The molecule has 1 aromatic heterocycles. The normalized spacial score (nSPS) is 18.0. The summed E-state index contributed by atoms with van der Waals surface area (Å²) in [7, 11) is 3.50. The summed E-state index contributed by atoms with van der Waals surface area (Å²) >= 11 is 1.77. The third kappa shape index (κ3) is 7.12. The number of guanidine groups is 1. The number of hydrogen-bond donors (Lipinski definition) is 2. The summed E-state index contributed by atoms with van der Waals surface area (Å²) in [5.41, 5.74) is 0. The monoisotopic (exact) mass is 395 g/mol. The van der Waals surface area contributed by atoms with Crippen LogP contribution in [0.2, 0.25) is 0 Å². The quantitative estimate of drug-likeness (QED) is 0.516. The molecular formula is C19H33N5O2S. The number of aliphatic imine (C=N–C) groups is 1. The zero-order valence-electron chi connectivity index (χ0n) is 16.9. The van der Waals surface area contributed by atoms with Crippen molar-refractivity contribution in [2.45, 2.75) is 32.4 Å². The van der Waals surface area contributed by atoms with Gasteiger partial charge in [-0.2, -0.15) is 0 Å². The molecule has 1 aliphatic rings. The fourth-order valence-corrected chi connectivity index (χ4v) is 3.61. The molecule has 152 valence electrons. The second-order valence-electron chi connectivity index (χ2n) is 6.97. The van der Waals surface area contributed by atoms with Crippen molar-refractivity contribution in [3.8, 4) is 0 Å². The van der Waals surface area contributed by atoms with Crippen molar-refractivity contribution in [1.29, 1.82) is 0 Å². The first-order chi connectivity index (χ1) is 13.0. The van der Waals surface area contributed by atoms with Gasteiger partial charge in [-0.15, -0.1) is 11.3 Å². The van der Waals surface area contributed by atoms with Gasteiger partial charge in [0.15, 0.2) is 5.96 Å². The number of amides is 1. The number of rotatable bonds is 8. The van der Waals surface area contributed by atoms with Gasteiger partial charge in [-0.3, -0.25) is 9.69 Å². The molecule has 0 bridgehead atoms. The molecule has 0 radical (unpaired) electrons. The Balaban J connectivity index is 2.06. The fourth-order valence-electron chi connectivity index (χ4n) is 2.75. The number of hydrogen-bond acceptors (Lipinski definition) is 5. The van der Waals surface area contributed by atoms with Gasteiger partial charge in [0, 0.05) is 44.6 Å². The summed E-state index contributed by atoms with van der Waals surface area (Å²) in [4.78, 5) is 21.8. The highest BCUT2D eigenvalue weighted by atomic mass is 32.1. The molecule has 8 heteroatoms. The highest BCUT2D eigenvalue weighted by molar-refractivity contribution is 7.10. The number of morpholine rings is 1. The Morgan fingerprint density at radius 1 is 1.41 bits per heavy atom. The van der Waals surface area contributed by atoms with Gasteiger partial charge in [-0.1, -0.05) is 13.0 Å². The zero-order valence-corrected chi connectivity index (χ0v) is 17.7. The van der Waals surface area contributed by atoms with Crippen molar-refractivity contribution in [3.63, 3.8) is 0 Å². The molecule has 2 unspecified atom stereocenters. The van der Waals surface area contributed by atoms with Gasteiger partial charge in [0.1, 0.15) is 6.54 Å². The van der Waals surface area contributed by atoms with E-state index in [1.165, 1.54) is 4.88 Å². The third-order valence-electron chi connectivity index (χ3n) is 4.69. The largest absolute Gasteiger partial charge is 0.379 e. The first kappa shape index (κ1) is 21.7. The van der Waals surface area contributed by atoms with E-state index in [1.54, 1.807) is 30.3 Å². The number of nitrogens with one attached hydrogen (secondary N) is 2. The van der Waals surface area contributed by atoms with E-state index in [0.717, 1.165) is 39.3 Å². The van der Waals surface area contributed by atoms with E-state index in [9.17, 15) is 4.79 Å². The molecule has 1 amide bonds. The lowest BCUT2D eigenvalue weighted by Gasteiger charge is -2.34. The number of ether oxygens (including phenoxy) is 1. The summed E-state index contributed by atoms with van der Waals surface area (Å²) in [5, 5.41) is 8.97. The first-order valence-corrected chi connectivity index (χ1v) is 10.5. The standard InChI is InChI=1S/C19H33N5O2S/c1-5-15(2)22-19(21-14-18(25)23(3)4)20-13-16(17-7-6-12-27-17)24-8-10-26-11-9-24/h6-7,12,15-16H,5,8-11,13-14H2,1-4H3,(H2,20,21,22). The van der Waals surface area contributed by atoms with Crippen molar-refractivity contribution in [3.05, 3.63) is 22.4 Å². The average molecular weight is 396 g/mol. The van der Waals surface area contributed by atoms with Crippen LogP contribution in [-0.4, -0.2) is 81.2 Å². The predicted molar refractivity (Wildman–Crippen MR) is 111 cm³/mol. The molecule has 0 spiro atoms. The van der Waals surface area contributed by atoms with Crippen LogP contribution in [0.1, 0.15) is 31.2 Å². The van der Waals surface area contributed by atoms with Crippen LogP contribution in [0.4, 0.5) is 0 Å². The van der Waals surface area contributed by atoms with Crippen molar-refractivity contribution in [2.24, 2.45) is 4.99 Å². The fraction of sp³-hybridized carbons (Fsp3) is 0.684. The van der Waals surface area contributed by atoms with Gasteiger partial charge < -0.3 is 20.3 Å². The number of likely N-dealkylation sites (N-methyl/N-ethyl adjacent to an activating group) is 1. The number of carbonyl (C=O) groups is 1. The van der Waals surface area contributed by atoms with Crippen LogP contribution in [-0.2, 0) is 9.53 Å². The zero-order chi connectivity index (χ0) is 19.6. The Kier molecular flexibility index (Phi) is 9.03. The summed E-state index contributed by atoms with van der Waals surface area (Å²) < 4.78 is 5.51. The summed E-state index contributed by atoms with van der Waals surface area (Å²) in [6.07, 6.45) is 0.986. The minimum Gasteiger partial charge on any atom is -0.379 e. The van der Waals surface area contributed by atoms with Crippen molar-refractivity contribution in [1.82, 2.24) is 20.4 Å². The minimum absolute atomic E-state index is 0.0109. The third-order valence-corrected chi connectivity index (χ3v) is 5.66. The molecule has 2 N–H and O–H groups in total. The lowest BCUT2D eigenvalue weighted by Crippen LogP contribution is -2.48. The Morgan fingerprint density at radius 3 is 2.74 bits per heavy atom. The molecule has 1 fully saturated rings. The van der Waals surface area contributed by atoms with E-state index in [-0.39, 0.29) is 24.5 Å². The smallest absolute Gasteiger partial charge is 0.243 e. The Labute approximate surface area is 166 Å². The molecule has 7 nitrogen and oxygen atoms in total. The molecule has 1 aliphatic heterocycles. The van der Waals surface area contributed by atoms with Crippen LogP contribution in [0, 0.1) is 0 Å². The second kappa shape index (κ2) is 11.3. The molecule has 1 saturated heterocycles. The average Bonchev–Trinajstić information content (AvgIpc) is 3.20. The van der Waals surface area contributed by atoms with Crippen LogP contribution in [0.15, 0.2) is 22.5 Å². The molecule has 2 heterocycles. The Bertz CT molecular complexity index is 585. The molecule has 2 atom stereocenters. The number of carbonyl (C=O) groups excluding carboxylic acids is 1. The summed E-state index contributed by atoms with van der Waals surface area (Å²) in [5.74, 6) is 0.678. The van der Waals surface area contributed by atoms with Crippen molar-refractivity contribution in [2.75, 3.05) is 53.5 Å². The molecule has 0 aliphatic carbocycles. The maximum absolute atomic E-state index is 11.9. The topological polar surface area (TPSA) is 69.2 Å². The molecule has 0 aromatic carbocycles. The maximum Gasteiger partial charge on any atom is 0.243 e. The molecular weight excluding hydrogens is 362 g/mol. The first-order valence-electron chi connectivity index (χ1n) is 9.61. The van der Waals surface area contributed by atoms with Crippen LogP contribution < -0.4 is 10.6 Å². The molecule has 0 saturated carbocycles. The predicted octanol–water partition coefficient (Wildman–Crippen LogP) is 1.54. The van der Waals surface area contributed by atoms with Gasteiger partial charge >= 0.3 is 0 Å². The van der Waals surface area contributed by atoms with Crippen LogP contribution in [0.5, 0.6) is 0 Å². The lowest BCUT2D eigenvalue weighted by atomic mass is 10.2. The van der Waals surface area contributed by atoms with E-state index in [2.05, 4.69) is 51.9 Å². The highest BCUT2D eigenvalue weighted by Gasteiger charge is 2.23. The lowest BCUT2D eigenvalue weighted by molar-refractivity contribution is -0.127. The van der Waals surface area contributed by atoms with Crippen LogP contribution in [0.3, 0.4) is 0 Å². The van der Waals surface area contributed by atoms with E-state index in [0.29, 0.717) is 5.96 Å². The van der Waals surface area contributed by atoms with Gasteiger partial charge in [-0.25, -0.2) is 4.99 Å². The van der Waals surface area contributed by atoms with Crippen molar-refractivity contribution < 1.29 is 9.53 Å². The van der Waals surface area contributed by atoms with E-state index in [1.807, 2.05) is 0 Å². The summed E-state index contributed by atoms with van der Waals surface area (Å²) in [6, 6.07) is 4.83. The maximum atomic E-state index is 11.9. The minimum atomic E-state index is -0.0109. The highest BCUT2D eigenvalue weighted by Crippen LogP contribution is 2.25. The van der Waals surface area contributed by atoms with Crippen LogP contribution >= 0.6 is 11.3 Å².